The second-order valence-corrected chi connectivity index (χ2v) is 8.03. The van der Waals surface area contributed by atoms with E-state index in [0.29, 0.717) is 11.4 Å². The molecule has 0 aliphatic carbocycles. The van der Waals surface area contributed by atoms with E-state index in [4.69, 9.17) is 16.7 Å². The number of rotatable bonds is 2. The summed E-state index contributed by atoms with van der Waals surface area (Å²) in [7, 11) is 1.62. The predicted molar refractivity (Wildman–Crippen MR) is 120 cm³/mol. The van der Waals surface area contributed by atoms with Crippen molar-refractivity contribution in [2.75, 3.05) is 7.05 Å². The highest BCUT2D eigenvalue weighted by Gasteiger charge is 2.27. The summed E-state index contributed by atoms with van der Waals surface area (Å²) < 4.78 is 1.93. The highest BCUT2D eigenvalue weighted by atomic mass is 35.5. The van der Waals surface area contributed by atoms with Crippen LogP contribution in [0.3, 0.4) is 0 Å². The molecule has 0 bridgehead atoms. The van der Waals surface area contributed by atoms with Crippen LogP contribution in [0.15, 0.2) is 53.6 Å². The van der Waals surface area contributed by atoms with E-state index >= 15 is 0 Å². The number of amides is 2. The molecule has 154 valence electrons. The molecule has 2 aromatic carbocycles. The third-order valence-electron chi connectivity index (χ3n) is 5.28. The Kier molecular flexibility index (Phi) is 5.35. The first-order valence-electron chi connectivity index (χ1n) is 9.90. The molecule has 0 fully saturated rings. The average Bonchev–Trinajstić information content (AvgIpc) is 2.99. The van der Waals surface area contributed by atoms with Gasteiger partial charge in [-0.1, -0.05) is 29.8 Å². The molecule has 2 amide bonds. The van der Waals surface area contributed by atoms with Crippen LogP contribution in [0.25, 0.3) is 5.69 Å². The maximum atomic E-state index is 12.5. The minimum absolute atomic E-state index is 0.0898. The van der Waals surface area contributed by atoms with Crippen LogP contribution in [0.5, 0.6) is 0 Å². The van der Waals surface area contributed by atoms with Gasteiger partial charge in [0.1, 0.15) is 0 Å². The van der Waals surface area contributed by atoms with Crippen LogP contribution < -0.4 is 5.32 Å². The number of hydrazone groups is 1. The molecule has 4 rings (SSSR count). The molecule has 0 saturated heterocycles. The number of carbonyl (C=O) groups is 1. The lowest BCUT2D eigenvalue weighted by molar-refractivity contribution is 0.184. The molecule has 30 heavy (non-hydrogen) atoms. The van der Waals surface area contributed by atoms with Gasteiger partial charge in [-0.25, -0.2) is 14.5 Å². The van der Waals surface area contributed by atoms with Crippen LogP contribution in [-0.2, 0) is 6.42 Å². The van der Waals surface area contributed by atoms with Crippen LogP contribution in [0.2, 0.25) is 5.02 Å². The smallest absolute Gasteiger partial charge is 0.337 e. The lowest BCUT2D eigenvalue weighted by atomic mass is 9.94. The number of urea groups is 1. The van der Waals surface area contributed by atoms with Gasteiger partial charge in [-0.2, -0.15) is 10.2 Å². The Hall–Kier alpha value is -3.12. The molecule has 0 spiro atoms. The zero-order valence-corrected chi connectivity index (χ0v) is 18.2. The Balaban J connectivity index is 1.92. The summed E-state index contributed by atoms with van der Waals surface area (Å²) in [6, 6.07) is 15.5. The Morgan fingerprint density at radius 2 is 1.87 bits per heavy atom. The van der Waals surface area contributed by atoms with Crippen LogP contribution in [-0.4, -0.2) is 39.6 Å². The molecule has 0 saturated carbocycles. The van der Waals surface area contributed by atoms with Crippen LogP contribution in [0.1, 0.15) is 35.0 Å². The van der Waals surface area contributed by atoms with Gasteiger partial charge in [-0.05, 0) is 63.1 Å². The Labute approximate surface area is 181 Å². The number of aryl methyl sites for hydroxylation is 2. The molecule has 1 N–H and O–H groups in total. The lowest BCUT2D eigenvalue weighted by Gasteiger charge is -2.22. The van der Waals surface area contributed by atoms with Gasteiger partial charge in [0.2, 0.25) is 0 Å². The van der Waals surface area contributed by atoms with E-state index in [9.17, 15) is 4.79 Å². The van der Waals surface area contributed by atoms with Crippen molar-refractivity contribution in [1.29, 1.82) is 0 Å². The van der Waals surface area contributed by atoms with Crippen LogP contribution in [0, 0.1) is 13.8 Å². The minimum Gasteiger partial charge on any atom is -0.340 e. The number of aromatic nitrogens is 2. The lowest BCUT2D eigenvalue weighted by Crippen LogP contribution is -2.41. The van der Waals surface area contributed by atoms with Gasteiger partial charge in [0, 0.05) is 28.9 Å². The largest absolute Gasteiger partial charge is 0.340 e. The summed E-state index contributed by atoms with van der Waals surface area (Å²) in [5, 5.41) is 14.3. The van der Waals surface area contributed by atoms with Crippen LogP contribution in [0.4, 0.5) is 4.79 Å². The zero-order chi connectivity index (χ0) is 21.4. The molecule has 2 heterocycles. The summed E-state index contributed by atoms with van der Waals surface area (Å²) in [5.74, 6) is 0. The molecule has 3 aromatic rings. The number of benzene rings is 2. The standard InChI is InChI=1S/C23H24ClN5O/c1-14-11-15(2)28(26-14)20-10-7-18-12-16(3)29(23(30)25-4)27-22(21(18)13-20)17-5-8-19(24)9-6-17/h5-11,13,16H,12H2,1-4H3,(H,25,30). The average molecular weight is 422 g/mol. The summed E-state index contributed by atoms with van der Waals surface area (Å²) >= 11 is 6.11. The van der Waals surface area contributed by atoms with Crippen molar-refractivity contribution in [3.05, 3.63) is 81.6 Å². The summed E-state index contributed by atoms with van der Waals surface area (Å²) in [4.78, 5) is 12.5. The van der Waals surface area contributed by atoms with E-state index in [2.05, 4.69) is 34.7 Å². The molecule has 7 heteroatoms. The Morgan fingerprint density at radius 1 is 1.13 bits per heavy atom. The van der Waals surface area contributed by atoms with E-state index in [1.165, 1.54) is 5.01 Å². The highest BCUT2D eigenvalue weighted by molar-refractivity contribution is 6.30. The van der Waals surface area contributed by atoms with Crippen molar-refractivity contribution in [2.45, 2.75) is 33.2 Å². The van der Waals surface area contributed by atoms with Crippen molar-refractivity contribution >= 4 is 23.3 Å². The number of fused-ring (bicyclic) bond motifs is 1. The minimum atomic E-state index is -0.236. The molecular formula is C23H24ClN5O. The van der Waals surface area contributed by atoms with Crippen molar-refractivity contribution in [3.63, 3.8) is 0 Å². The van der Waals surface area contributed by atoms with Crippen molar-refractivity contribution in [1.82, 2.24) is 20.1 Å². The van der Waals surface area contributed by atoms with Crippen molar-refractivity contribution in [2.24, 2.45) is 5.10 Å². The second-order valence-electron chi connectivity index (χ2n) is 7.59. The molecule has 1 atom stereocenters. The third-order valence-corrected chi connectivity index (χ3v) is 5.53. The third kappa shape index (κ3) is 3.71. The number of hydrogen-bond acceptors (Lipinski definition) is 3. The van der Waals surface area contributed by atoms with Crippen LogP contribution >= 0.6 is 11.6 Å². The van der Waals surface area contributed by atoms with Gasteiger partial charge in [-0.15, -0.1) is 0 Å². The van der Waals surface area contributed by atoms with Gasteiger partial charge in [0.05, 0.1) is 23.1 Å². The fraction of sp³-hybridized carbons (Fsp3) is 0.261. The molecule has 1 aliphatic heterocycles. The molecular weight excluding hydrogens is 398 g/mol. The number of hydrogen-bond donors (Lipinski definition) is 1. The van der Waals surface area contributed by atoms with E-state index in [1.54, 1.807) is 7.05 Å². The van der Waals surface area contributed by atoms with Gasteiger partial charge in [0.25, 0.3) is 0 Å². The molecule has 6 nitrogen and oxygen atoms in total. The summed E-state index contributed by atoms with van der Waals surface area (Å²) in [5.41, 5.74) is 6.74. The fourth-order valence-corrected chi connectivity index (χ4v) is 3.96. The summed E-state index contributed by atoms with van der Waals surface area (Å²) in [6.07, 6.45) is 0.695. The van der Waals surface area contributed by atoms with Crippen molar-refractivity contribution < 1.29 is 4.79 Å². The predicted octanol–water partition coefficient (Wildman–Crippen LogP) is 4.48. The quantitative estimate of drug-likeness (QED) is 0.663. The maximum absolute atomic E-state index is 12.5. The Bertz CT molecular complexity index is 1130. The number of halogens is 1. The first kappa shape index (κ1) is 20.2. The second kappa shape index (κ2) is 7.95. The highest BCUT2D eigenvalue weighted by Crippen LogP contribution is 2.27. The summed E-state index contributed by atoms with van der Waals surface area (Å²) in [6.45, 7) is 6.02. The van der Waals surface area contributed by atoms with E-state index < -0.39 is 0 Å². The SMILES string of the molecule is CNC(=O)N1N=C(c2ccc(Cl)cc2)c2cc(-n3nc(C)cc3C)ccc2CC1C. The Morgan fingerprint density at radius 3 is 2.50 bits per heavy atom. The van der Waals surface area contributed by atoms with E-state index in [0.717, 1.165) is 39.5 Å². The monoisotopic (exact) mass is 421 g/mol. The topological polar surface area (TPSA) is 62.5 Å². The maximum Gasteiger partial charge on any atom is 0.337 e. The fourth-order valence-electron chi connectivity index (χ4n) is 3.83. The molecule has 1 aromatic heterocycles. The van der Waals surface area contributed by atoms with Gasteiger partial charge in [-0.3, -0.25) is 0 Å². The normalized spacial score (nSPS) is 16.0. The first-order valence-corrected chi connectivity index (χ1v) is 10.3. The number of nitrogens with zero attached hydrogens (tertiary/aromatic N) is 4. The number of carbonyl (C=O) groups excluding carboxylic acids is 1. The van der Waals surface area contributed by atoms with Gasteiger partial charge in [0.15, 0.2) is 0 Å². The first-order chi connectivity index (χ1) is 14.4. The number of nitrogens with one attached hydrogen (secondary N) is 1. The molecule has 1 unspecified atom stereocenters. The van der Waals surface area contributed by atoms with E-state index in [1.807, 2.05) is 49.7 Å². The van der Waals surface area contributed by atoms with Gasteiger partial charge >= 0.3 is 6.03 Å². The van der Waals surface area contributed by atoms with Crippen molar-refractivity contribution in [3.8, 4) is 5.69 Å². The van der Waals surface area contributed by atoms with Gasteiger partial charge < -0.3 is 5.32 Å². The zero-order valence-electron chi connectivity index (χ0n) is 17.5. The molecule has 1 aliphatic rings. The van der Waals surface area contributed by atoms with E-state index in [-0.39, 0.29) is 12.1 Å². The molecule has 0 radical (unpaired) electrons.